The molecule has 1 aromatic carbocycles. The van der Waals surface area contributed by atoms with Gasteiger partial charge in [-0.15, -0.1) is 0 Å². The van der Waals surface area contributed by atoms with E-state index in [4.69, 9.17) is 0 Å². The van der Waals surface area contributed by atoms with Crippen LogP contribution in [0.3, 0.4) is 0 Å². The van der Waals surface area contributed by atoms with Crippen molar-refractivity contribution in [3.05, 3.63) is 66.3 Å². The van der Waals surface area contributed by atoms with Gasteiger partial charge in [0, 0.05) is 29.1 Å². The van der Waals surface area contributed by atoms with E-state index in [0.29, 0.717) is 6.04 Å². The number of allylic oxidation sites excluding steroid dienone is 2. The molecule has 0 atom stereocenters. The van der Waals surface area contributed by atoms with Gasteiger partial charge in [0.2, 0.25) is 0 Å². The van der Waals surface area contributed by atoms with Gasteiger partial charge in [-0.3, -0.25) is 0 Å². The molecule has 0 aliphatic carbocycles. The summed E-state index contributed by atoms with van der Waals surface area (Å²) in [5.41, 5.74) is 4.51. The molecule has 0 N–H and O–H groups in total. The number of rotatable bonds is 4. The van der Waals surface area contributed by atoms with E-state index in [2.05, 4.69) is 44.2 Å². The van der Waals surface area contributed by atoms with Gasteiger partial charge in [0.15, 0.2) is 0 Å². The van der Waals surface area contributed by atoms with Crippen molar-refractivity contribution in [2.45, 2.75) is 26.8 Å². The fourth-order valence-corrected chi connectivity index (χ4v) is 2.41. The van der Waals surface area contributed by atoms with E-state index < -0.39 is 0 Å². The topological polar surface area (TPSA) is 4.93 Å². The fourth-order valence-electron chi connectivity index (χ4n) is 2.41. The van der Waals surface area contributed by atoms with Crippen molar-refractivity contribution in [3.8, 4) is 11.1 Å². The summed E-state index contributed by atoms with van der Waals surface area (Å²) in [7, 11) is 0. The summed E-state index contributed by atoms with van der Waals surface area (Å²) in [4.78, 5) is 0. The zero-order chi connectivity index (χ0) is 14.7. The Morgan fingerprint density at radius 3 is 2.40 bits per heavy atom. The van der Waals surface area contributed by atoms with E-state index in [-0.39, 0.29) is 5.82 Å². The van der Waals surface area contributed by atoms with Crippen LogP contribution in [0.2, 0.25) is 0 Å². The Bertz CT molecular complexity index is 630. The van der Waals surface area contributed by atoms with Crippen LogP contribution in [0.15, 0.2) is 49.2 Å². The average Bonchev–Trinajstić information content (AvgIpc) is 2.75. The third-order valence-corrected chi connectivity index (χ3v) is 3.45. The normalized spacial score (nSPS) is 11.4. The Labute approximate surface area is 120 Å². The van der Waals surface area contributed by atoms with E-state index >= 15 is 0 Å². The minimum Gasteiger partial charge on any atom is -0.348 e. The predicted octanol–water partition coefficient (Wildman–Crippen LogP) is 5.38. The predicted molar refractivity (Wildman–Crippen MR) is 84.2 cm³/mol. The SMILES string of the molecule is C=C/C=C\c1c(-c2ccc(F)cc2)cn(C(C)C)c1C. The number of hydrogen-bond acceptors (Lipinski definition) is 0. The maximum Gasteiger partial charge on any atom is 0.123 e. The zero-order valence-corrected chi connectivity index (χ0v) is 12.2. The van der Waals surface area contributed by atoms with Gasteiger partial charge in [-0.25, -0.2) is 4.39 Å². The molecule has 0 unspecified atom stereocenters. The van der Waals surface area contributed by atoms with Gasteiger partial charge in [0.1, 0.15) is 5.82 Å². The van der Waals surface area contributed by atoms with Crippen molar-refractivity contribution in [2.75, 3.05) is 0 Å². The Balaban J connectivity index is 2.61. The quantitative estimate of drug-likeness (QED) is 0.656. The summed E-state index contributed by atoms with van der Waals surface area (Å²) in [6.45, 7) is 10.1. The Morgan fingerprint density at radius 2 is 1.85 bits per heavy atom. The lowest BCUT2D eigenvalue weighted by molar-refractivity contribution is 0.589. The standard InChI is InChI=1S/C18H20FN/c1-5-6-7-17-14(4)20(13(2)3)12-18(17)15-8-10-16(19)11-9-15/h5-13H,1H2,2-4H3/b7-6-. The first-order chi connectivity index (χ1) is 9.54. The lowest BCUT2D eigenvalue weighted by Crippen LogP contribution is -2.00. The molecule has 0 bridgehead atoms. The molecular formula is C18H20FN. The van der Waals surface area contributed by atoms with Gasteiger partial charge in [-0.05, 0) is 38.5 Å². The van der Waals surface area contributed by atoms with E-state index in [9.17, 15) is 4.39 Å². The van der Waals surface area contributed by atoms with Crippen molar-refractivity contribution in [3.63, 3.8) is 0 Å². The van der Waals surface area contributed by atoms with Gasteiger partial charge in [0.05, 0.1) is 0 Å². The van der Waals surface area contributed by atoms with Crippen LogP contribution < -0.4 is 0 Å². The van der Waals surface area contributed by atoms with Crippen molar-refractivity contribution >= 4 is 6.08 Å². The molecule has 0 amide bonds. The summed E-state index contributed by atoms with van der Waals surface area (Å²) in [6.07, 6.45) is 7.89. The molecule has 0 aliphatic heterocycles. The zero-order valence-electron chi connectivity index (χ0n) is 12.2. The molecular weight excluding hydrogens is 249 g/mol. The molecule has 0 aliphatic rings. The lowest BCUT2D eigenvalue weighted by Gasteiger charge is -2.09. The minimum atomic E-state index is -0.211. The first kappa shape index (κ1) is 14.3. The van der Waals surface area contributed by atoms with Crippen LogP contribution in [-0.2, 0) is 0 Å². The highest BCUT2D eigenvalue weighted by molar-refractivity contribution is 5.77. The van der Waals surface area contributed by atoms with Gasteiger partial charge in [-0.1, -0.05) is 36.9 Å². The average molecular weight is 269 g/mol. The van der Waals surface area contributed by atoms with E-state index in [1.54, 1.807) is 6.08 Å². The highest BCUT2D eigenvalue weighted by Crippen LogP contribution is 2.31. The highest BCUT2D eigenvalue weighted by atomic mass is 19.1. The highest BCUT2D eigenvalue weighted by Gasteiger charge is 2.13. The maximum absolute atomic E-state index is 13.1. The van der Waals surface area contributed by atoms with Crippen LogP contribution in [0.4, 0.5) is 4.39 Å². The molecule has 2 heteroatoms. The van der Waals surface area contributed by atoms with Crippen molar-refractivity contribution < 1.29 is 4.39 Å². The van der Waals surface area contributed by atoms with Crippen molar-refractivity contribution in [1.29, 1.82) is 0 Å². The Morgan fingerprint density at radius 1 is 1.20 bits per heavy atom. The summed E-state index contributed by atoms with van der Waals surface area (Å²) in [5.74, 6) is -0.211. The number of halogens is 1. The monoisotopic (exact) mass is 269 g/mol. The molecule has 0 fully saturated rings. The Kier molecular flexibility index (Phi) is 4.23. The van der Waals surface area contributed by atoms with Gasteiger partial charge in [-0.2, -0.15) is 0 Å². The van der Waals surface area contributed by atoms with Crippen LogP contribution in [0, 0.1) is 12.7 Å². The van der Waals surface area contributed by atoms with Crippen molar-refractivity contribution in [1.82, 2.24) is 4.57 Å². The molecule has 20 heavy (non-hydrogen) atoms. The number of benzene rings is 1. The van der Waals surface area contributed by atoms with Crippen LogP contribution >= 0.6 is 0 Å². The van der Waals surface area contributed by atoms with Crippen LogP contribution in [-0.4, -0.2) is 4.57 Å². The smallest absolute Gasteiger partial charge is 0.123 e. The third-order valence-electron chi connectivity index (χ3n) is 3.45. The van der Waals surface area contributed by atoms with Crippen LogP contribution in [0.25, 0.3) is 17.2 Å². The lowest BCUT2D eigenvalue weighted by atomic mass is 10.0. The minimum absolute atomic E-state index is 0.211. The second kappa shape index (κ2) is 5.91. The van der Waals surface area contributed by atoms with Gasteiger partial charge < -0.3 is 4.57 Å². The van der Waals surface area contributed by atoms with Crippen molar-refractivity contribution in [2.24, 2.45) is 0 Å². The number of aromatic nitrogens is 1. The molecule has 1 nitrogen and oxygen atoms in total. The molecule has 0 spiro atoms. The van der Waals surface area contributed by atoms with Gasteiger partial charge in [0.25, 0.3) is 0 Å². The van der Waals surface area contributed by atoms with E-state index in [0.717, 1.165) is 16.7 Å². The first-order valence-corrected chi connectivity index (χ1v) is 6.81. The molecule has 0 saturated heterocycles. The molecule has 1 aromatic heterocycles. The summed E-state index contributed by atoms with van der Waals surface area (Å²) >= 11 is 0. The number of hydrogen-bond donors (Lipinski definition) is 0. The second-order valence-corrected chi connectivity index (χ2v) is 5.14. The molecule has 2 rings (SSSR count). The first-order valence-electron chi connectivity index (χ1n) is 6.81. The maximum atomic E-state index is 13.1. The third kappa shape index (κ3) is 2.74. The Hall–Kier alpha value is -2.09. The fraction of sp³-hybridized carbons (Fsp3) is 0.222. The summed E-state index contributed by atoms with van der Waals surface area (Å²) in [5, 5.41) is 0. The second-order valence-electron chi connectivity index (χ2n) is 5.14. The molecule has 104 valence electrons. The summed E-state index contributed by atoms with van der Waals surface area (Å²) < 4.78 is 15.3. The number of nitrogens with zero attached hydrogens (tertiary/aromatic N) is 1. The summed E-state index contributed by atoms with van der Waals surface area (Å²) in [6, 6.07) is 7.02. The van der Waals surface area contributed by atoms with Crippen LogP contribution in [0.1, 0.15) is 31.1 Å². The van der Waals surface area contributed by atoms with Crippen LogP contribution in [0.5, 0.6) is 0 Å². The molecule has 2 aromatic rings. The van der Waals surface area contributed by atoms with Gasteiger partial charge >= 0.3 is 0 Å². The van der Waals surface area contributed by atoms with E-state index in [1.807, 2.05) is 18.2 Å². The molecule has 0 saturated carbocycles. The largest absolute Gasteiger partial charge is 0.348 e. The van der Waals surface area contributed by atoms with E-state index in [1.165, 1.54) is 17.8 Å². The molecule has 0 radical (unpaired) electrons. The molecule has 1 heterocycles.